The fraction of sp³-hybridized carbons (Fsp3) is 0.842. The van der Waals surface area contributed by atoms with Gasteiger partial charge >= 0.3 is 0 Å². The quantitative estimate of drug-likeness (QED) is 0.787. The van der Waals surface area contributed by atoms with Gasteiger partial charge in [-0.3, -0.25) is 4.79 Å². The van der Waals surface area contributed by atoms with E-state index in [1.165, 1.54) is 12.8 Å². The lowest BCUT2D eigenvalue weighted by Crippen LogP contribution is -2.46. The van der Waals surface area contributed by atoms with Crippen LogP contribution in [-0.2, 0) is 4.79 Å². The molecule has 1 saturated heterocycles. The number of carbonyl (C=O) groups is 1. The second kappa shape index (κ2) is 8.14. The van der Waals surface area contributed by atoms with Crippen molar-refractivity contribution in [2.75, 3.05) is 19.6 Å². The van der Waals surface area contributed by atoms with Crippen molar-refractivity contribution in [3.8, 4) is 0 Å². The predicted octanol–water partition coefficient (Wildman–Crippen LogP) is 3.61. The molecule has 2 aliphatic rings. The minimum atomic E-state index is 0.341. The molecule has 1 amide bonds. The van der Waals surface area contributed by atoms with E-state index < -0.39 is 0 Å². The second-order valence-electron chi connectivity index (χ2n) is 7.77. The van der Waals surface area contributed by atoms with Crippen LogP contribution < -0.4 is 5.32 Å². The number of carbonyl (C=O) groups excluding carboxylic acids is 1. The molecule has 1 aliphatic carbocycles. The number of allylic oxidation sites excluding steroid dienone is 1. The SMILES string of the molecule is CC1=CCC[C@H](C)[C@@H]1CNC1CCN(C(=O)CC(C)C)CC1. The van der Waals surface area contributed by atoms with Gasteiger partial charge in [-0.25, -0.2) is 0 Å². The molecule has 0 bridgehead atoms. The Morgan fingerprint density at radius 2 is 2.00 bits per heavy atom. The van der Waals surface area contributed by atoms with Crippen LogP contribution in [0, 0.1) is 17.8 Å². The molecule has 3 nitrogen and oxygen atoms in total. The van der Waals surface area contributed by atoms with Crippen molar-refractivity contribution in [3.05, 3.63) is 11.6 Å². The van der Waals surface area contributed by atoms with Crippen LogP contribution in [0.4, 0.5) is 0 Å². The Morgan fingerprint density at radius 1 is 1.32 bits per heavy atom. The van der Waals surface area contributed by atoms with E-state index in [4.69, 9.17) is 0 Å². The number of piperidine rings is 1. The van der Waals surface area contributed by atoms with Crippen LogP contribution in [0.1, 0.15) is 59.8 Å². The van der Waals surface area contributed by atoms with Crippen molar-refractivity contribution >= 4 is 5.91 Å². The number of hydrogen-bond donors (Lipinski definition) is 1. The molecule has 2 rings (SSSR count). The summed E-state index contributed by atoms with van der Waals surface area (Å²) in [6, 6.07) is 0.588. The van der Waals surface area contributed by atoms with E-state index in [9.17, 15) is 4.79 Å². The molecule has 0 aromatic heterocycles. The Hall–Kier alpha value is -0.830. The second-order valence-corrected chi connectivity index (χ2v) is 7.77. The number of likely N-dealkylation sites (tertiary alicyclic amines) is 1. The summed E-state index contributed by atoms with van der Waals surface area (Å²) in [7, 11) is 0. The topological polar surface area (TPSA) is 32.3 Å². The first-order valence-electron chi connectivity index (χ1n) is 9.15. The normalized spacial score (nSPS) is 27.1. The molecule has 0 aromatic rings. The summed E-state index contributed by atoms with van der Waals surface area (Å²) in [6.07, 6.45) is 7.90. The molecule has 0 radical (unpaired) electrons. The molecule has 3 heteroatoms. The van der Waals surface area contributed by atoms with E-state index in [-0.39, 0.29) is 0 Å². The Labute approximate surface area is 136 Å². The summed E-state index contributed by atoms with van der Waals surface area (Å²) >= 11 is 0. The Morgan fingerprint density at radius 3 is 2.59 bits per heavy atom. The van der Waals surface area contributed by atoms with Crippen LogP contribution in [0.3, 0.4) is 0 Å². The molecule has 1 fully saturated rings. The minimum Gasteiger partial charge on any atom is -0.343 e. The van der Waals surface area contributed by atoms with E-state index in [2.05, 4.69) is 44.0 Å². The van der Waals surface area contributed by atoms with Crippen LogP contribution >= 0.6 is 0 Å². The maximum atomic E-state index is 12.1. The largest absolute Gasteiger partial charge is 0.343 e. The van der Waals surface area contributed by atoms with Crippen LogP contribution in [-0.4, -0.2) is 36.5 Å². The van der Waals surface area contributed by atoms with Crippen LogP contribution in [0.5, 0.6) is 0 Å². The number of amides is 1. The standard InChI is InChI=1S/C19H34N2O/c1-14(2)12-19(22)21-10-8-17(9-11-21)20-13-18-15(3)6-5-7-16(18)4/h6,14,16-18,20H,5,7-13H2,1-4H3/t16-,18+/m0/s1. The third-order valence-corrected chi connectivity index (χ3v) is 5.42. The molecule has 1 aliphatic heterocycles. The van der Waals surface area contributed by atoms with Crippen LogP contribution in [0.15, 0.2) is 11.6 Å². The van der Waals surface area contributed by atoms with Gasteiger partial charge in [0.2, 0.25) is 5.91 Å². The summed E-state index contributed by atoms with van der Waals surface area (Å²) in [5, 5.41) is 3.77. The maximum Gasteiger partial charge on any atom is 0.222 e. The molecule has 1 heterocycles. The molecular weight excluding hydrogens is 272 g/mol. The van der Waals surface area contributed by atoms with Crippen molar-refractivity contribution in [1.82, 2.24) is 10.2 Å². The fourth-order valence-electron chi connectivity index (χ4n) is 3.84. The van der Waals surface area contributed by atoms with Gasteiger partial charge in [0.25, 0.3) is 0 Å². The number of hydrogen-bond acceptors (Lipinski definition) is 2. The van der Waals surface area contributed by atoms with Crippen LogP contribution in [0.2, 0.25) is 0 Å². The molecule has 1 N–H and O–H groups in total. The third kappa shape index (κ3) is 4.84. The molecule has 2 atom stereocenters. The van der Waals surface area contributed by atoms with Gasteiger partial charge in [0.05, 0.1) is 0 Å². The summed E-state index contributed by atoms with van der Waals surface area (Å²) in [5.74, 6) is 2.30. The van der Waals surface area contributed by atoms with Crippen LogP contribution in [0.25, 0.3) is 0 Å². The smallest absolute Gasteiger partial charge is 0.222 e. The average Bonchev–Trinajstić information content (AvgIpc) is 2.46. The average molecular weight is 306 g/mol. The lowest BCUT2D eigenvalue weighted by molar-refractivity contribution is -0.133. The Kier molecular flexibility index (Phi) is 6.49. The zero-order valence-electron chi connectivity index (χ0n) is 14.9. The predicted molar refractivity (Wildman–Crippen MR) is 92.7 cm³/mol. The Bertz CT molecular complexity index is 394. The highest BCUT2D eigenvalue weighted by molar-refractivity contribution is 5.76. The van der Waals surface area contributed by atoms with E-state index in [0.29, 0.717) is 30.2 Å². The van der Waals surface area contributed by atoms with E-state index in [0.717, 1.165) is 38.4 Å². The Balaban J connectivity index is 1.72. The van der Waals surface area contributed by atoms with Crippen molar-refractivity contribution in [1.29, 1.82) is 0 Å². The van der Waals surface area contributed by atoms with E-state index in [1.54, 1.807) is 5.57 Å². The summed E-state index contributed by atoms with van der Waals surface area (Å²) in [5.41, 5.74) is 1.57. The van der Waals surface area contributed by atoms with E-state index in [1.807, 2.05) is 0 Å². The summed E-state index contributed by atoms with van der Waals surface area (Å²) in [6.45, 7) is 11.9. The van der Waals surface area contributed by atoms with Gasteiger partial charge in [-0.05, 0) is 50.4 Å². The lowest BCUT2D eigenvalue weighted by Gasteiger charge is -2.35. The van der Waals surface area contributed by atoms with Crippen molar-refractivity contribution in [3.63, 3.8) is 0 Å². The van der Waals surface area contributed by atoms with Gasteiger partial charge < -0.3 is 10.2 Å². The number of nitrogens with one attached hydrogen (secondary N) is 1. The van der Waals surface area contributed by atoms with Crippen molar-refractivity contribution < 1.29 is 4.79 Å². The van der Waals surface area contributed by atoms with E-state index >= 15 is 0 Å². The molecule has 0 unspecified atom stereocenters. The first kappa shape index (κ1) is 17.5. The van der Waals surface area contributed by atoms with Gasteiger partial charge in [-0.2, -0.15) is 0 Å². The van der Waals surface area contributed by atoms with Gasteiger partial charge in [0.15, 0.2) is 0 Å². The van der Waals surface area contributed by atoms with Gasteiger partial charge in [-0.15, -0.1) is 0 Å². The molecule has 0 spiro atoms. The molecule has 126 valence electrons. The highest BCUT2D eigenvalue weighted by atomic mass is 16.2. The zero-order chi connectivity index (χ0) is 16.1. The third-order valence-electron chi connectivity index (χ3n) is 5.42. The molecule has 22 heavy (non-hydrogen) atoms. The first-order valence-corrected chi connectivity index (χ1v) is 9.15. The highest BCUT2D eigenvalue weighted by Gasteiger charge is 2.26. The zero-order valence-corrected chi connectivity index (χ0v) is 14.9. The van der Waals surface area contributed by atoms with Crippen molar-refractivity contribution in [2.45, 2.75) is 65.8 Å². The number of nitrogens with zero attached hydrogens (tertiary/aromatic N) is 1. The minimum absolute atomic E-state index is 0.341. The molecular formula is C19H34N2O. The number of rotatable bonds is 5. The van der Waals surface area contributed by atoms with Crippen molar-refractivity contribution in [2.24, 2.45) is 17.8 Å². The lowest BCUT2D eigenvalue weighted by atomic mass is 9.80. The highest BCUT2D eigenvalue weighted by Crippen LogP contribution is 2.29. The summed E-state index contributed by atoms with van der Waals surface area (Å²) < 4.78 is 0. The maximum absolute atomic E-state index is 12.1. The molecule has 0 saturated carbocycles. The first-order chi connectivity index (χ1) is 10.5. The summed E-state index contributed by atoms with van der Waals surface area (Å²) in [4.78, 5) is 14.2. The monoisotopic (exact) mass is 306 g/mol. The van der Waals surface area contributed by atoms with Gasteiger partial charge in [-0.1, -0.05) is 32.4 Å². The van der Waals surface area contributed by atoms with Gasteiger partial charge in [0, 0.05) is 32.1 Å². The van der Waals surface area contributed by atoms with Gasteiger partial charge in [0.1, 0.15) is 0 Å². The molecule has 0 aromatic carbocycles. The fourth-order valence-corrected chi connectivity index (χ4v) is 3.84.